The van der Waals surface area contributed by atoms with Crippen molar-refractivity contribution in [3.8, 4) is 0 Å². The van der Waals surface area contributed by atoms with Gasteiger partial charge in [0.05, 0.1) is 6.10 Å². The molecule has 0 spiro atoms. The second-order valence-electron chi connectivity index (χ2n) is 3.03. The highest BCUT2D eigenvalue weighted by Gasteiger charge is 2.18. The molecule has 60 valence electrons. The number of hydrogen-bond donors (Lipinski definition) is 2. The minimum absolute atomic E-state index is 0.125. The number of nitrogens with one attached hydrogen (secondary N) is 1. The number of aliphatic hydroxyl groups excluding tert-OH is 1. The summed E-state index contributed by atoms with van der Waals surface area (Å²) >= 11 is 0. The van der Waals surface area contributed by atoms with Crippen LogP contribution < -0.4 is 5.32 Å². The van der Waals surface area contributed by atoms with Crippen LogP contribution in [0.5, 0.6) is 0 Å². The third-order valence-electron chi connectivity index (χ3n) is 2.23. The zero-order chi connectivity index (χ0) is 7.40. The fourth-order valence-corrected chi connectivity index (χ4v) is 1.49. The molecule has 0 aromatic heterocycles. The maximum Gasteiger partial charge on any atom is 0.0690 e. The van der Waals surface area contributed by atoms with Crippen molar-refractivity contribution in [2.24, 2.45) is 0 Å². The van der Waals surface area contributed by atoms with Gasteiger partial charge in [-0.05, 0) is 25.8 Å². The van der Waals surface area contributed by atoms with Gasteiger partial charge in [-0.15, -0.1) is 0 Å². The van der Waals surface area contributed by atoms with Crippen LogP contribution in [0, 0.1) is 0 Å². The highest BCUT2D eigenvalue weighted by molar-refractivity contribution is 4.77. The van der Waals surface area contributed by atoms with Crippen LogP contribution in [0.25, 0.3) is 0 Å². The van der Waals surface area contributed by atoms with Gasteiger partial charge in [-0.1, -0.05) is 13.3 Å². The van der Waals surface area contributed by atoms with Crippen LogP contribution >= 0.6 is 0 Å². The summed E-state index contributed by atoms with van der Waals surface area (Å²) < 4.78 is 0. The molecule has 1 heterocycles. The first-order valence-electron chi connectivity index (χ1n) is 4.26. The summed E-state index contributed by atoms with van der Waals surface area (Å²) in [5.74, 6) is 0. The Morgan fingerprint density at radius 1 is 1.60 bits per heavy atom. The molecule has 2 nitrogen and oxygen atoms in total. The largest absolute Gasteiger partial charge is 0.392 e. The fourth-order valence-electron chi connectivity index (χ4n) is 1.49. The summed E-state index contributed by atoms with van der Waals surface area (Å²) in [5, 5.41) is 12.7. The van der Waals surface area contributed by atoms with Gasteiger partial charge in [0, 0.05) is 6.04 Å². The lowest BCUT2D eigenvalue weighted by Crippen LogP contribution is -2.42. The quantitative estimate of drug-likeness (QED) is 0.602. The van der Waals surface area contributed by atoms with Gasteiger partial charge in [-0.3, -0.25) is 0 Å². The second kappa shape index (κ2) is 3.94. The van der Waals surface area contributed by atoms with Gasteiger partial charge in [0.1, 0.15) is 0 Å². The van der Waals surface area contributed by atoms with Gasteiger partial charge < -0.3 is 10.4 Å². The molecular formula is C8H17NO. The molecule has 0 radical (unpaired) electrons. The zero-order valence-electron chi connectivity index (χ0n) is 6.64. The molecule has 1 rings (SSSR count). The molecule has 1 fully saturated rings. The first-order valence-corrected chi connectivity index (χ1v) is 4.26. The van der Waals surface area contributed by atoms with Crippen LogP contribution in [0.3, 0.4) is 0 Å². The zero-order valence-corrected chi connectivity index (χ0v) is 6.64. The summed E-state index contributed by atoms with van der Waals surface area (Å²) in [5.41, 5.74) is 0. The third kappa shape index (κ3) is 1.96. The highest BCUT2D eigenvalue weighted by Crippen LogP contribution is 2.11. The van der Waals surface area contributed by atoms with E-state index in [0.717, 1.165) is 19.4 Å². The monoisotopic (exact) mass is 143 g/mol. The Balaban J connectivity index is 2.24. The first-order chi connectivity index (χ1) is 4.84. The summed E-state index contributed by atoms with van der Waals surface area (Å²) in [6.07, 6.45) is 4.44. The van der Waals surface area contributed by atoms with E-state index in [-0.39, 0.29) is 6.10 Å². The molecule has 0 unspecified atom stereocenters. The van der Waals surface area contributed by atoms with Crippen molar-refractivity contribution in [2.75, 3.05) is 6.54 Å². The Morgan fingerprint density at radius 3 is 2.90 bits per heavy atom. The van der Waals surface area contributed by atoms with Gasteiger partial charge in [-0.2, -0.15) is 0 Å². The van der Waals surface area contributed by atoms with Gasteiger partial charge in [0.15, 0.2) is 0 Å². The summed E-state index contributed by atoms with van der Waals surface area (Å²) in [4.78, 5) is 0. The van der Waals surface area contributed by atoms with Crippen LogP contribution in [-0.2, 0) is 0 Å². The summed E-state index contributed by atoms with van der Waals surface area (Å²) in [7, 11) is 0. The van der Waals surface area contributed by atoms with E-state index in [1.54, 1.807) is 0 Å². The molecule has 1 aliphatic rings. The van der Waals surface area contributed by atoms with Crippen molar-refractivity contribution in [1.29, 1.82) is 0 Å². The standard InChI is InChI=1S/C8H17NO/c1-2-8(10)7-5-3-4-6-9-7/h7-10H,2-6H2,1H3/t7-,8+/m1/s1. The number of rotatable bonds is 2. The molecule has 10 heavy (non-hydrogen) atoms. The van der Waals surface area contributed by atoms with E-state index in [4.69, 9.17) is 0 Å². The maximum absolute atomic E-state index is 9.42. The minimum Gasteiger partial charge on any atom is -0.392 e. The van der Waals surface area contributed by atoms with E-state index in [2.05, 4.69) is 5.32 Å². The van der Waals surface area contributed by atoms with Crippen molar-refractivity contribution < 1.29 is 5.11 Å². The molecule has 0 amide bonds. The van der Waals surface area contributed by atoms with E-state index >= 15 is 0 Å². The smallest absolute Gasteiger partial charge is 0.0690 e. The molecule has 0 bridgehead atoms. The second-order valence-corrected chi connectivity index (χ2v) is 3.03. The van der Waals surface area contributed by atoms with E-state index in [1.807, 2.05) is 6.92 Å². The predicted molar refractivity (Wildman–Crippen MR) is 41.9 cm³/mol. The van der Waals surface area contributed by atoms with Gasteiger partial charge in [0.2, 0.25) is 0 Å². The lowest BCUT2D eigenvalue weighted by atomic mass is 9.99. The van der Waals surface area contributed by atoms with Crippen molar-refractivity contribution in [1.82, 2.24) is 5.32 Å². The van der Waals surface area contributed by atoms with Crippen LogP contribution in [0.15, 0.2) is 0 Å². The van der Waals surface area contributed by atoms with Crippen LogP contribution in [0.2, 0.25) is 0 Å². The fraction of sp³-hybridized carbons (Fsp3) is 1.00. The van der Waals surface area contributed by atoms with E-state index in [9.17, 15) is 5.11 Å². The molecule has 1 saturated heterocycles. The highest BCUT2D eigenvalue weighted by atomic mass is 16.3. The Bertz CT molecular complexity index is 89.3. The summed E-state index contributed by atoms with van der Waals surface area (Å²) in [6.45, 7) is 3.11. The molecule has 1 aliphatic heterocycles. The Hall–Kier alpha value is -0.0800. The first kappa shape index (κ1) is 8.02. The van der Waals surface area contributed by atoms with Crippen LogP contribution in [-0.4, -0.2) is 23.8 Å². The van der Waals surface area contributed by atoms with Crippen LogP contribution in [0.1, 0.15) is 32.6 Å². The molecular weight excluding hydrogens is 126 g/mol. The number of aliphatic hydroxyl groups is 1. The third-order valence-corrected chi connectivity index (χ3v) is 2.23. The Kier molecular flexibility index (Phi) is 3.16. The number of piperidine rings is 1. The minimum atomic E-state index is -0.125. The van der Waals surface area contributed by atoms with Crippen molar-refractivity contribution in [3.05, 3.63) is 0 Å². The Morgan fingerprint density at radius 2 is 2.40 bits per heavy atom. The molecule has 0 aromatic rings. The van der Waals surface area contributed by atoms with Crippen molar-refractivity contribution in [3.63, 3.8) is 0 Å². The van der Waals surface area contributed by atoms with E-state index < -0.39 is 0 Å². The molecule has 2 atom stereocenters. The SMILES string of the molecule is CC[C@H](O)[C@H]1CCCCN1. The van der Waals surface area contributed by atoms with Crippen molar-refractivity contribution >= 4 is 0 Å². The molecule has 2 N–H and O–H groups in total. The van der Waals surface area contributed by atoms with Crippen LogP contribution in [0.4, 0.5) is 0 Å². The molecule has 0 aromatic carbocycles. The summed E-state index contributed by atoms with van der Waals surface area (Å²) in [6, 6.07) is 0.374. The van der Waals surface area contributed by atoms with Crippen molar-refractivity contribution in [2.45, 2.75) is 44.8 Å². The molecule has 2 heteroatoms. The number of hydrogen-bond acceptors (Lipinski definition) is 2. The average Bonchev–Trinajstić information content (AvgIpc) is 2.05. The van der Waals surface area contributed by atoms with E-state index in [0.29, 0.717) is 6.04 Å². The average molecular weight is 143 g/mol. The van der Waals surface area contributed by atoms with Gasteiger partial charge in [0.25, 0.3) is 0 Å². The lowest BCUT2D eigenvalue weighted by Gasteiger charge is -2.27. The van der Waals surface area contributed by atoms with Gasteiger partial charge in [-0.25, -0.2) is 0 Å². The topological polar surface area (TPSA) is 32.3 Å². The predicted octanol–water partition coefficient (Wildman–Crippen LogP) is 0.899. The maximum atomic E-state index is 9.42. The molecule has 0 aliphatic carbocycles. The Labute approximate surface area is 62.6 Å². The van der Waals surface area contributed by atoms with E-state index in [1.165, 1.54) is 12.8 Å². The molecule has 0 saturated carbocycles. The van der Waals surface area contributed by atoms with Gasteiger partial charge >= 0.3 is 0 Å². The normalized spacial score (nSPS) is 30.0. The lowest BCUT2D eigenvalue weighted by molar-refractivity contribution is 0.109.